The molecule has 3 rings (SSSR count). The Kier molecular flexibility index (Phi) is 8.62. The highest BCUT2D eigenvalue weighted by Crippen LogP contribution is 2.21. The predicted octanol–water partition coefficient (Wildman–Crippen LogP) is 5.12. The van der Waals surface area contributed by atoms with E-state index in [0.717, 1.165) is 30.6 Å². The lowest BCUT2D eigenvalue weighted by Crippen LogP contribution is -2.34. The van der Waals surface area contributed by atoms with Gasteiger partial charge < -0.3 is 19.2 Å². The lowest BCUT2D eigenvalue weighted by atomic mass is 10.1. The van der Waals surface area contributed by atoms with Crippen LogP contribution >= 0.6 is 0 Å². The number of amides is 1. The third kappa shape index (κ3) is 6.81. The van der Waals surface area contributed by atoms with E-state index in [1.165, 1.54) is 18.2 Å². The molecule has 7 nitrogen and oxygen atoms in total. The highest BCUT2D eigenvalue weighted by molar-refractivity contribution is 5.97. The summed E-state index contributed by atoms with van der Waals surface area (Å²) in [4.78, 5) is 36.8. The number of fused-ring (bicyclic) bond motifs is 1. The average Bonchev–Trinajstić information content (AvgIpc) is 2.83. The molecule has 178 valence electrons. The van der Waals surface area contributed by atoms with Crippen LogP contribution in [0.4, 0.5) is 0 Å². The second-order valence-electron chi connectivity index (χ2n) is 7.96. The Labute approximate surface area is 198 Å². The van der Waals surface area contributed by atoms with Gasteiger partial charge in [0.25, 0.3) is 5.91 Å². The van der Waals surface area contributed by atoms with E-state index in [-0.39, 0.29) is 22.9 Å². The fraction of sp³-hybridized carbons (Fsp3) is 0.296. The average molecular weight is 464 g/mol. The van der Waals surface area contributed by atoms with Crippen molar-refractivity contribution in [1.82, 2.24) is 5.32 Å². The van der Waals surface area contributed by atoms with E-state index < -0.39 is 17.5 Å². The summed E-state index contributed by atoms with van der Waals surface area (Å²) >= 11 is 0. The first-order chi connectivity index (χ1) is 16.4. The minimum absolute atomic E-state index is 0.0606. The minimum Gasteiger partial charge on any atom is -0.494 e. The Morgan fingerprint density at radius 1 is 1.06 bits per heavy atom. The molecule has 1 atom stereocenters. The lowest BCUT2D eigenvalue weighted by Gasteiger charge is -2.11. The standard InChI is InChI=1S/C27H29NO6/c1-4-6-15-32-21-11-7-19(8-12-21)9-14-25(29)33-22-13-10-20-16-23(26(30)28-18(3)5-2)27(31)34-24(20)17-22/h7-14,16-18H,4-6,15H2,1-3H3,(H,28,30)/b14-9+. The van der Waals surface area contributed by atoms with Crippen molar-refractivity contribution < 1.29 is 23.5 Å². The summed E-state index contributed by atoms with van der Waals surface area (Å²) in [6.07, 6.45) is 5.77. The number of ether oxygens (including phenoxy) is 2. The normalized spacial score (nSPS) is 12.0. The largest absolute Gasteiger partial charge is 0.494 e. The van der Waals surface area contributed by atoms with Gasteiger partial charge in [0, 0.05) is 23.6 Å². The minimum atomic E-state index is -0.751. The van der Waals surface area contributed by atoms with E-state index in [1.807, 2.05) is 38.1 Å². The van der Waals surface area contributed by atoms with E-state index in [4.69, 9.17) is 13.9 Å². The van der Waals surface area contributed by atoms with Crippen LogP contribution in [0.2, 0.25) is 0 Å². The van der Waals surface area contributed by atoms with Gasteiger partial charge in [-0.25, -0.2) is 9.59 Å². The smallest absolute Gasteiger partial charge is 0.349 e. The van der Waals surface area contributed by atoms with Gasteiger partial charge in [-0.05, 0) is 61.7 Å². The molecule has 1 heterocycles. The Balaban J connectivity index is 1.65. The molecule has 0 radical (unpaired) electrons. The molecular formula is C27H29NO6. The molecule has 7 heteroatoms. The molecule has 0 saturated carbocycles. The van der Waals surface area contributed by atoms with Crippen LogP contribution in [0, 0.1) is 0 Å². The van der Waals surface area contributed by atoms with Crippen molar-refractivity contribution in [3.8, 4) is 11.5 Å². The summed E-state index contributed by atoms with van der Waals surface area (Å²) in [6, 6.07) is 13.5. The van der Waals surface area contributed by atoms with Crippen LogP contribution in [-0.2, 0) is 4.79 Å². The van der Waals surface area contributed by atoms with Gasteiger partial charge in [0.1, 0.15) is 22.6 Å². The molecule has 3 aromatic rings. The first kappa shape index (κ1) is 24.8. The number of rotatable bonds is 10. The van der Waals surface area contributed by atoms with E-state index >= 15 is 0 Å². The zero-order valence-electron chi connectivity index (χ0n) is 19.6. The maximum Gasteiger partial charge on any atom is 0.349 e. The third-order valence-electron chi connectivity index (χ3n) is 5.22. The van der Waals surface area contributed by atoms with Crippen LogP contribution in [0.15, 0.2) is 63.8 Å². The molecule has 2 aromatic carbocycles. The van der Waals surface area contributed by atoms with E-state index in [0.29, 0.717) is 12.0 Å². The number of nitrogens with one attached hydrogen (secondary N) is 1. The van der Waals surface area contributed by atoms with Gasteiger partial charge in [-0.3, -0.25) is 4.79 Å². The van der Waals surface area contributed by atoms with Gasteiger partial charge in [0.05, 0.1) is 6.61 Å². The van der Waals surface area contributed by atoms with Crippen molar-refractivity contribution in [1.29, 1.82) is 0 Å². The Hall–Kier alpha value is -3.87. The lowest BCUT2D eigenvalue weighted by molar-refractivity contribution is -0.128. The maximum atomic E-state index is 12.3. The van der Waals surface area contributed by atoms with Crippen LogP contribution in [0.25, 0.3) is 17.0 Å². The van der Waals surface area contributed by atoms with Gasteiger partial charge in [0.15, 0.2) is 0 Å². The number of hydrogen-bond donors (Lipinski definition) is 1. The van der Waals surface area contributed by atoms with Crippen LogP contribution in [0.3, 0.4) is 0 Å². The zero-order chi connectivity index (χ0) is 24.5. The van der Waals surface area contributed by atoms with Gasteiger partial charge in [-0.2, -0.15) is 0 Å². The van der Waals surface area contributed by atoms with Crippen molar-refractivity contribution in [2.45, 2.75) is 46.1 Å². The predicted molar refractivity (Wildman–Crippen MR) is 131 cm³/mol. The number of esters is 1. The van der Waals surface area contributed by atoms with Crippen molar-refractivity contribution in [3.05, 3.63) is 76.2 Å². The molecule has 1 N–H and O–H groups in total. The monoisotopic (exact) mass is 463 g/mol. The zero-order valence-corrected chi connectivity index (χ0v) is 19.6. The summed E-state index contributed by atoms with van der Waals surface area (Å²) in [5, 5.41) is 3.29. The molecule has 1 aromatic heterocycles. The molecule has 1 unspecified atom stereocenters. The summed E-state index contributed by atoms with van der Waals surface area (Å²) in [5.74, 6) is -0.0474. The second-order valence-corrected chi connectivity index (χ2v) is 7.96. The molecule has 1 amide bonds. The van der Waals surface area contributed by atoms with E-state index in [9.17, 15) is 14.4 Å². The Bertz CT molecular complexity index is 1230. The van der Waals surface area contributed by atoms with E-state index in [2.05, 4.69) is 12.2 Å². The van der Waals surface area contributed by atoms with Crippen molar-refractivity contribution >= 4 is 28.9 Å². The van der Waals surface area contributed by atoms with Crippen LogP contribution in [-0.4, -0.2) is 24.5 Å². The number of benzene rings is 2. The molecule has 0 aliphatic heterocycles. The fourth-order valence-electron chi connectivity index (χ4n) is 3.04. The maximum absolute atomic E-state index is 12.3. The van der Waals surface area contributed by atoms with Gasteiger partial charge in [-0.15, -0.1) is 0 Å². The van der Waals surface area contributed by atoms with Crippen molar-refractivity contribution in [2.75, 3.05) is 6.61 Å². The number of carbonyl (C=O) groups excluding carboxylic acids is 2. The molecule has 34 heavy (non-hydrogen) atoms. The SMILES string of the molecule is CCCCOc1ccc(/C=C/C(=O)Oc2ccc3cc(C(=O)NC(C)CC)c(=O)oc3c2)cc1. The van der Waals surface area contributed by atoms with Gasteiger partial charge in [0.2, 0.25) is 0 Å². The Morgan fingerprint density at radius 3 is 2.50 bits per heavy atom. The molecule has 0 fully saturated rings. The second kappa shape index (κ2) is 11.8. The van der Waals surface area contributed by atoms with Crippen LogP contribution in [0.5, 0.6) is 11.5 Å². The fourth-order valence-corrected chi connectivity index (χ4v) is 3.04. The number of carbonyl (C=O) groups is 2. The third-order valence-corrected chi connectivity index (χ3v) is 5.22. The highest BCUT2D eigenvalue weighted by Gasteiger charge is 2.16. The summed E-state index contributed by atoms with van der Waals surface area (Å²) < 4.78 is 16.2. The molecule has 0 spiro atoms. The van der Waals surface area contributed by atoms with Gasteiger partial charge >= 0.3 is 11.6 Å². The van der Waals surface area contributed by atoms with Crippen LogP contribution < -0.4 is 20.4 Å². The summed E-state index contributed by atoms with van der Waals surface area (Å²) in [6.45, 7) is 6.58. The number of hydrogen-bond acceptors (Lipinski definition) is 6. The van der Waals surface area contributed by atoms with E-state index in [1.54, 1.807) is 18.2 Å². The van der Waals surface area contributed by atoms with Gasteiger partial charge in [-0.1, -0.05) is 32.4 Å². The molecule has 0 aliphatic rings. The molecule has 0 bridgehead atoms. The first-order valence-corrected chi connectivity index (χ1v) is 11.4. The molecule has 0 saturated heterocycles. The van der Waals surface area contributed by atoms with Crippen molar-refractivity contribution in [3.63, 3.8) is 0 Å². The summed E-state index contributed by atoms with van der Waals surface area (Å²) in [7, 11) is 0. The van der Waals surface area contributed by atoms with Crippen LogP contribution in [0.1, 0.15) is 56.0 Å². The summed E-state index contributed by atoms with van der Waals surface area (Å²) in [5.41, 5.74) is 0.228. The first-order valence-electron chi connectivity index (χ1n) is 11.4. The molecule has 0 aliphatic carbocycles. The van der Waals surface area contributed by atoms with Crippen molar-refractivity contribution in [2.24, 2.45) is 0 Å². The topological polar surface area (TPSA) is 94.8 Å². The number of unbranched alkanes of at least 4 members (excludes halogenated alkanes) is 1. The quantitative estimate of drug-likeness (QED) is 0.147. The highest BCUT2D eigenvalue weighted by atomic mass is 16.5. The molecular weight excluding hydrogens is 434 g/mol. The Morgan fingerprint density at radius 2 is 1.79 bits per heavy atom.